The number of allylic oxidation sites excluding steroid dienone is 1. The van der Waals surface area contributed by atoms with E-state index >= 15 is 0 Å². The van der Waals surface area contributed by atoms with Crippen molar-refractivity contribution in [1.82, 2.24) is 4.90 Å². The first-order valence-electron chi connectivity index (χ1n) is 6.64. The molecule has 1 heterocycles. The van der Waals surface area contributed by atoms with E-state index in [-0.39, 0.29) is 0 Å². The van der Waals surface area contributed by atoms with Gasteiger partial charge < -0.3 is 9.64 Å². The molecule has 1 aliphatic heterocycles. The van der Waals surface area contributed by atoms with Gasteiger partial charge in [0, 0.05) is 13.2 Å². The Morgan fingerprint density at radius 3 is 2.94 bits per heavy atom. The summed E-state index contributed by atoms with van der Waals surface area (Å²) in [4.78, 5) is 2.65. The van der Waals surface area contributed by atoms with Crippen LogP contribution in [0.4, 0.5) is 0 Å². The lowest BCUT2D eigenvalue weighted by Gasteiger charge is -2.36. The van der Waals surface area contributed by atoms with Gasteiger partial charge in [-0.2, -0.15) is 0 Å². The van der Waals surface area contributed by atoms with Gasteiger partial charge in [0.25, 0.3) is 0 Å². The summed E-state index contributed by atoms with van der Waals surface area (Å²) in [5.74, 6) is 1.61. The average Bonchev–Trinajstić information content (AvgIpc) is 2.71. The van der Waals surface area contributed by atoms with E-state index in [1.165, 1.54) is 31.5 Å². The summed E-state index contributed by atoms with van der Waals surface area (Å²) >= 11 is 0. The van der Waals surface area contributed by atoms with Gasteiger partial charge in [0.2, 0.25) is 0 Å². The van der Waals surface area contributed by atoms with E-state index in [9.17, 15) is 0 Å². The van der Waals surface area contributed by atoms with Crippen LogP contribution in [0, 0.1) is 11.8 Å². The van der Waals surface area contributed by atoms with Gasteiger partial charge in [-0.25, -0.2) is 0 Å². The van der Waals surface area contributed by atoms with Crippen LogP contribution in [0.25, 0.3) is 0 Å². The lowest BCUT2D eigenvalue weighted by molar-refractivity contribution is 0.126. The maximum atomic E-state index is 5.47. The maximum Gasteiger partial charge on any atom is 0.0753 e. The van der Waals surface area contributed by atoms with Crippen molar-refractivity contribution in [2.45, 2.75) is 45.8 Å². The molecule has 2 heteroatoms. The summed E-state index contributed by atoms with van der Waals surface area (Å²) in [6.45, 7) is 9.31. The molecule has 4 atom stereocenters. The van der Waals surface area contributed by atoms with Crippen molar-refractivity contribution in [3.63, 3.8) is 0 Å². The first-order chi connectivity index (χ1) is 7.67. The van der Waals surface area contributed by atoms with Gasteiger partial charge >= 0.3 is 0 Å². The maximum absolute atomic E-state index is 5.47. The third kappa shape index (κ3) is 2.05. The largest absolute Gasteiger partial charge is 0.377 e. The Morgan fingerprint density at radius 1 is 1.56 bits per heavy atom. The summed E-state index contributed by atoms with van der Waals surface area (Å²) in [7, 11) is 1.81. The second-order valence-electron chi connectivity index (χ2n) is 5.33. The van der Waals surface area contributed by atoms with E-state index in [0.29, 0.717) is 6.10 Å². The minimum absolute atomic E-state index is 0.294. The molecule has 1 fully saturated rings. The third-order valence-corrected chi connectivity index (χ3v) is 4.59. The van der Waals surface area contributed by atoms with Crippen molar-refractivity contribution < 1.29 is 4.74 Å². The summed E-state index contributed by atoms with van der Waals surface area (Å²) in [5, 5.41) is 0. The number of hydrogen-bond donors (Lipinski definition) is 0. The molecule has 0 aromatic heterocycles. The standard InChI is InChI=1S/C14H25NO/c1-5-15-7-6-13-10(2)8-12(9-14(13)15)11(3)16-4/h8,10-11,13-14H,5-7,9H2,1-4H3/t10-,11?,13?,14+/m0/s1. The average molecular weight is 223 g/mol. The lowest BCUT2D eigenvalue weighted by Crippen LogP contribution is -2.38. The van der Waals surface area contributed by atoms with Crippen LogP contribution in [0.2, 0.25) is 0 Å². The summed E-state index contributed by atoms with van der Waals surface area (Å²) < 4.78 is 5.47. The SMILES string of the molecule is CCN1CCC2[C@H]1CC(C(C)OC)=C[C@@H]2C. The lowest BCUT2D eigenvalue weighted by atomic mass is 9.77. The highest BCUT2D eigenvalue weighted by molar-refractivity contribution is 5.18. The van der Waals surface area contributed by atoms with Crippen LogP contribution in [0.15, 0.2) is 11.6 Å². The molecule has 0 radical (unpaired) electrons. The molecular weight excluding hydrogens is 198 g/mol. The topological polar surface area (TPSA) is 12.5 Å². The smallest absolute Gasteiger partial charge is 0.0753 e. The molecule has 1 aliphatic carbocycles. The fraction of sp³-hybridized carbons (Fsp3) is 0.857. The Hall–Kier alpha value is -0.340. The normalized spacial score (nSPS) is 37.0. The van der Waals surface area contributed by atoms with Crippen LogP contribution in [0.5, 0.6) is 0 Å². The van der Waals surface area contributed by atoms with Crippen LogP contribution in [-0.2, 0) is 4.74 Å². The number of likely N-dealkylation sites (tertiary alicyclic amines) is 1. The van der Waals surface area contributed by atoms with Crippen molar-refractivity contribution in [3.8, 4) is 0 Å². The van der Waals surface area contributed by atoms with E-state index in [4.69, 9.17) is 4.74 Å². The van der Waals surface area contributed by atoms with Crippen molar-refractivity contribution in [2.75, 3.05) is 20.2 Å². The number of rotatable bonds is 3. The Kier molecular flexibility index (Phi) is 3.70. The van der Waals surface area contributed by atoms with Gasteiger partial charge in [0.1, 0.15) is 0 Å². The van der Waals surface area contributed by atoms with E-state index < -0.39 is 0 Å². The molecule has 2 aliphatic rings. The molecule has 0 aromatic rings. The fourth-order valence-electron chi connectivity index (χ4n) is 3.45. The van der Waals surface area contributed by atoms with E-state index in [2.05, 4.69) is 31.7 Å². The molecule has 1 saturated heterocycles. The van der Waals surface area contributed by atoms with Crippen molar-refractivity contribution >= 4 is 0 Å². The number of ether oxygens (including phenoxy) is 1. The Labute approximate surface area is 99.7 Å². The molecule has 0 aromatic carbocycles. The van der Waals surface area contributed by atoms with Crippen LogP contribution in [-0.4, -0.2) is 37.2 Å². The van der Waals surface area contributed by atoms with Crippen LogP contribution in [0.3, 0.4) is 0 Å². The van der Waals surface area contributed by atoms with Gasteiger partial charge in [0.05, 0.1) is 6.10 Å². The predicted molar refractivity (Wildman–Crippen MR) is 67.5 cm³/mol. The zero-order chi connectivity index (χ0) is 11.7. The molecule has 0 N–H and O–H groups in total. The van der Waals surface area contributed by atoms with Gasteiger partial charge in [-0.15, -0.1) is 0 Å². The number of nitrogens with zero attached hydrogens (tertiary/aromatic N) is 1. The van der Waals surface area contributed by atoms with Crippen LogP contribution < -0.4 is 0 Å². The molecule has 16 heavy (non-hydrogen) atoms. The van der Waals surface area contributed by atoms with Gasteiger partial charge in [-0.3, -0.25) is 0 Å². The fourth-order valence-corrected chi connectivity index (χ4v) is 3.45. The zero-order valence-corrected chi connectivity index (χ0v) is 11.1. The van der Waals surface area contributed by atoms with Gasteiger partial charge in [-0.05, 0) is 50.3 Å². The van der Waals surface area contributed by atoms with E-state index in [1.54, 1.807) is 0 Å². The highest BCUT2D eigenvalue weighted by atomic mass is 16.5. The first kappa shape index (κ1) is 12.1. The van der Waals surface area contributed by atoms with E-state index in [1.807, 2.05) is 7.11 Å². The summed E-state index contributed by atoms with van der Waals surface area (Å²) in [5.41, 5.74) is 1.51. The summed E-state index contributed by atoms with van der Waals surface area (Å²) in [6, 6.07) is 0.776. The highest BCUT2D eigenvalue weighted by Gasteiger charge is 2.39. The molecule has 92 valence electrons. The molecule has 0 saturated carbocycles. The number of fused-ring (bicyclic) bond motifs is 1. The molecule has 0 bridgehead atoms. The first-order valence-corrected chi connectivity index (χ1v) is 6.64. The van der Waals surface area contributed by atoms with E-state index in [0.717, 1.165) is 17.9 Å². The Bertz CT molecular complexity index is 274. The van der Waals surface area contributed by atoms with Crippen LogP contribution >= 0.6 is 0 Å². The molecule has 0 amide bonds. The van der Waals surface area contributed by atoms with Gasteiger partial charge in [0.15, 0.2) is 0 Å². The minimum Gasteiger partial charge on any atom is -0.377 e. The zero-order valence-electron chi connectivity index (χ0n) is 11.1. The summed E-state index contributed by atoms with van der Waals surface area (Å²) in [6.07, 6.45) is 5.36. The van der Waals surface area contributed by atoms with Crippen molar-refractivity contribution in [1.29, 1.82) is 0 Å². The number of hydrogen-bond acceptors (Lipinski definition) is 2. The molecule has 2 unspecified atom stereocenters. The second-order valence-corrected chi connectivity index (χ2v) is 5.33. The molecule has 2 rings (SSSR count). The highest BCUT2D eigenvalue weighted by Crippen LogP contribution is 2.40. The Morgan fingerprint density at radius 2 is 2.31 bits per heavy atom. The predicted octanol–water partition coefficient (Wildman–Crippen LogP) is 2.70. The third-order valence-electron chi connectivity index (χ3n) is 4.59. The number of methoxy groups -OCH3 is 1. The quantitative estimate of drug-likeness (QED) is 0.682. The molecule has 2 nitrogen and oxygen atoms in total. The Balaban J connectivity index is 2.14. The van der Waals surface area contributed by atoms with Crippen molar-refractivity contribution in [3.05, 3.63) is 11.6 Å². The monoisotopic (exact) mass is 223 g/mol. The second kappa shape index (κ2) is 4.89. The van der Waals surface area contributed by atoms with Crippen LogP contribution in [0.1, 0.15) is 33.6 Å². The minimum atomic E-state index is 0.294. The van der Waals surface area contributed by atoms with Crippen molar-refractivity contribution in [2.24, 2.45) is 11.8 Å². The molecular formula is C14H25NO. The molecule has 0 spiro atoms. The van der Waals surface area contributed by atoms with Gasteiger partial charge in [-0.1, -0.05) is 19.9 Å².